The number of hydrogen-bond donors (Lipinski definition) is 12. The minimum atomic E-state index is -0.232. The number of nitrogens with one attached hydrogen (secondary N) is 8. The minimum absolute atomic E-state index is 0.0758. The number of unbranched alkanes of at least 4 members (excludes halogenated alkanes) is 3. The lowest BCUT2D eigenvalue weighted by atomic mass is 10.1. The van der Waals surface area contributed by atoms with Gasteiger partial charge in [0, 0.05) is 70.7 Å². The van der Waals surface area contributed by atoms with Crippen LogP contribution in [0.5, 0.6) is 23.0 Å². The number of carbonyl (C=O) groups is 4. The molecule has 0 saturated heterocycles. The van der Waals surface area contributed by atoms with E-state index in [1.807, 2.05) is 97.1 Å². The highest BCUT2D eigenvalue weighted by atomic mass is 16.5. The zero-order valence-electron chi connectivity index (χ0n) is 49.2. The molecule has 0 aromatic heterocycles. The zero-order chi connectivity index (χ0) is 63.3. The standard InChI is InChI=1S/C35H38N6O4.C34H36N6O4/c36-32(37)26-6-4-8-28(20-26)34(42)40-22-24-10-14-30(15-11-24)44-18-2-1-3-19-45-31-16-12-25(13-17-31)23-41-35(43)29-9-5-7-27(21-29)33(38)39;35-31(36)25-5-3-7-27(19-25)33(41)39-21-23-9-13-29(14-10-23)43-17-1-2-18-44-30-15-11-24(12-16-30)22-40-34(42)28-8-4-6-26(20-28)32(37)38/h4-17,20-21H,1-3,18-19,22-23H2,(H3,36,37)(H3,38,39)(H,40,42)(H,41,43);3-16,19-20H,1-2,17-18,21-22H2,(H3,35,36)(H3,37,38)(H,39,41)(H,40,42). The van der Waals surface area contributed by atoms with E-state index in [4.69, 9.17) is 63.5 Å². The molecule has 0 atom stereocenters. The van der Waals surface area contributed by atoms with Crippen molar-refractivity contribution in [1.82, 2.24) is 21.3 Å². The molecule has 16 N–H and O–H groups in total. The van der Waals surface area contributed by atoms with Gasteiger partial charge in [-0.2, -0.15) is 0 Å². The van der Waals surface area contributed by atoms with E-state index in [1.165, 1.54) is 0 Å². The summed E-state index contributed by atoms with van der Waals surface area (Å²) in [5.74, 6) is 1.83. The van der Waals surface area contributed by atoms with Crippen molar-refractivity contribution in [2.24, 2.45) is 22.9 Å². The van der Waals surface area contributed by atoms with Crippen molar-refractivity contribution in [1.29, 1.82) is 21.6 Å². The number of benzene rings is 8. The summed E-state index contributed by atoms with van der Waals surface area (Å²) in [6.45, 7) is 3.80. The van der Waals surface area contributed by atoms with Crippen molar-refractivity contribution in [3.63, 3.8) is 0 Å². The topological polar surface area (TPSA) is 353 Å². The molecule has 0 unspecified atom stereocenters. The van der Waals surface area contributed by atoms with Crippen molar-refractivity contribution >= 4 is 47.0 Å². The normalized spacial score (nSPS) is 10.5. The van der Waals surface area contributed by atoms with Gasteiger partial charge in [0.15, 0.2) is 0 Å². The number of hydrogen-bond acceptors (Lipinski definition) is 12. The molecule has 20 nitrogen and oxygen atoms in total. The summed E-state index contributed by atoms with van der Waals surface area (Å²) in [5.41, 5.74) is 29.7. The Bertz CT molecular complexity index is 3470. The van der Waals surface area contributed by atoms with Gasteiger partial charge in [-0.1, -0.05) is 97.1 Å². The summed E-state index contributed by atoms with van der Waals surface area (Å²) in [5, 5.41) is 41.6. The van der Waals surface area contributed by atoms with Crippen LogP contribution in [0, 0.1) is 21.6 Å². The van der Waals surface area contributed by atoms with Crippen molar-refractivity contribution in [2.75, 3.05) is 26.4 Å². The Hall–Kier alpha value is -11.3. The molecule has 0 aliphatic rings. The predicted molar refractivity (Wildman–Crippen MR) is 345 cm³/mol. The van der Waals surface area contributed by atoms with E-state index in [1.54, 1.807) is 97.1 Å². The SMILES string of the molecule is N=C(N)c1cccc(C(=O)NCc2ccc(OCCCCCOc3ccc(CNC(=O)c4cccc(C(=N)N)c4)cc3)cc2)c1.N=C(N)c1cccc(C(=O)NCc2ccc(OCCCCOc3ccc(CNC(=O)c4cccc(C(=N)N)c4)cc3)cc2)c1. The number of carbonyl (C=O) groups excluding carboxylic acids is 4. The van der Waals surface area contributed by atoms with Gasteiger partial charge >= 0.3 is 0 Å². The van der Waals surface area contributed by atoms with Crippen molar-refractivity contribution in [3.05, 3.63) is 261 Å². The molecular formula is C69H74N12O8. The predicted octanol–water partition coefficient (Wildman–Crippen LogP) is 9.10. The first-order valence-electron chi connectivity index (χ1n) is 28.8. The smallest absolute Gasteiger partial charge is 0.251 e. The first kappa shape index (κ1) is 65.3. The Balaban J connectivity index is 0.000000254. The number of nitrogen functional groups attached to an aromatic ring is 4. The van der Waals surface area contributed by atoms with Gasteiger partial charge < -0.3 is 63.1 Å². The molecule has 0 fully saturated rings. The third kappa shape index (κ3) is 21.9. The fourth-order valence-electron chi connectivity index (χ4n) is 8.61. The first-order chi connectivity index (χ1) is 43.1. The summed E-state index contributed by atoms with van der Waals surface area (Å²) in [6.07, 6.45) is 4.41. The van der Waals surface area contributed by atoms with Gasteiger partial charge in [0.25, 0.3) is 23.6 Å². The fraction of sp³-hybridized carbons (Fsp3) is 0.188. The Morgan fingerprint density at radius 2 is 0.472 bits per heavy atom. The lowest BCUT2D eigenvalue weighted by Gasteiger charge is -2.10. The van der Waals surface area contributed by atoms with E-state index in [9.17, 15) is 19.2 Å². The molecule has 0 aliphatic carbocycles. The van der Waals surface area contributed by atoms with Crippen LogP contribution in [0.2, 0.25) is 0 Å². The summed E-state index contributed by atoms with van der Waals surface area (Å²) in [7, 11) is 0. The van der Waals surface area contributed by atoms with Crippen molar-refractivity contribution < 1.29 is 38.1 Å². The summed E-state index contributed by atoms with van der Waals surface area (Å²) < 4.78 is 23.4. The molecule has 8 aromatic carbocycles. The number of amides is 4. The maximum Gasteiger partial charge on any atom is 0.251 e. The average Bonchev–Trinajstić information content (AvgIpc) is 3.76. The van der Waals surface area contributed by atoms with Gasteiger partial charge in [-0.05, 0) is 151 Å². The molecular weight excluding hydrogens is 1120 g/mol. The van der Waals surface area contributed by atoms with E-state index in [-0.39, 0.29) is 47.0 Å². The number of ether oxygens (including phenoxy) is 4. The van der Waals surface area contributed by atoms with Crippen LogP contribution in [0.3, 0.4) is 0 Å². The number of amidine groups is 4. The zero-order valence-corrected chi connectivity index (χ0v) is 49.2. The molecule has 458 valence electrons. The van der Waals surface area contributed by atoms with Crippen molar-refractivity contribution in [3.8, 4) is 23.0 Å². The molecule has 20 heteroatoms. The van der Waals surface area contributed by atoms with Crippen LogP contribution in [0.4, 0.5) is 0 Å². The third-order valence-corrected chi connectivity index (χ3v) is 13.7. The lowest BCUT2D eigenvalue weighted by Crippen LogP contribution is -2.23. The van der Waals surface area contributed by atoms with Crippen LogP contribution in [0.25, 0.3) is 0 Å². The van der Waals surface area contributed by atoms with Gasteiger partial charge in [0.2, 0.25) is 0 Å². The van der Waals surface area contributed by atoms with Gasteiger partial charge in [-0.25, -0.2) is 0 Å². The Morgan fingerprint density at radius 1 is 0.281 bits per heavy atom. The van der Waals surface area contributed by atoms with Gasteiger partial charge in [0.1, 0.15) is 46.3 Å². The second-order valence-electron chi connectivity index (χ2n) is 20.4. The van der Waals surface area contributed by atoms with E-state index in [0.717, 1.165) is 77.4 Å². The molecule has 0 aliphatic heterocycles. The maximum absolute atomic E-state index is 12.4. The molecule has 0 bridgehead atoms. The Morgan fingerprint density at radius 3 is 0.674 bits per heavy atom. The molecule has 8 aromatic rings. The first-order valence-corrected chi connectivity index (χ1v) is 28.8. The molecule has 4 amide bonds. The highest BCUT2D eigenvalue weighted by Gasteiger charge is 2.12. The highest BCUT2D eigenvalue weighted by Crippen LogP contribution is 2.19. The Kier molecular flexibility index (Phi) is 24.9. The van der Waals surface area contributed by atoms with Crippen LogP contribution in [0.1, 0.15) is 118 Å². The van der Waals surface area contributed by atoms with Crippen LogP contribution < -0.4 is 63.1 Å². The summed E-state index contributed by atoms with van der Waals surface area (Å²) >= 11 is 0. The number of rotatable bonds is 31. The van der Waals surface area contributed by atoms with E-state index in [2.05, 4.69) is 21.3 Å². The molecule has 8 rings (SSSR count). The quantitative estimate of drug-likeness (QED) is 0.0110. The van der Waals surface area contributed by atoms with Gasteiger partial charge in [-0.15, -0.1) is 0 Å². The molecule has 0 spiro atoms. The van der Waals surface area contributed by atoms with E-state index >= 15 is 0 Å². The van der Waals surface area contributed by atoms with E-state index in [0.29, 0.717) is 97.1 Å². The summed E-state index contributed by atoms with van der Waals surface area (Å²) in [4.78, 5) is 49.7. The third-order valence-electron chi connectivity index (χ3n) is 13.7. The van der Waals surface area contributed by atoms with Crippen LogP contribution >= 0.6 is 0 Å². The van der Waals surface area contributed by atoms with E-state index < -0.39 is 0 Å². The van der Waals surface area contributed by atoms with Crippen LogP contribution in [0.15, 0.2) is 194 Å². The highest BCUT2D eigenvalue weighted by molar-refractivity contribution is 6.02. The molecule has 0 heterocycles. The molecule has 89 heavy (non-hydrogen) atoms. The second kappa shape index (κ2) is 34.0. The van der Waals surface area contributed by atoms with Gasteiger partial charge in [-0.3, -0.25) is 40.8 Å². The van der Waals surface area contributed by atoms with Gasteiger partial charge in [0.05, 0.1) is 26.4 Å². The second-order valence-corrected chi connectivity index (χ2v) is 20.4. The average molecular weight is 1200 g/mol. The monoisotopic (exact) mass is 1200 g/mol. The largest absolute Gasteiger partial charge is 0.494 e. The number of nitrogens with two attached hydrogens (primary N) is 4. The van der Waals surface area contributed by atoms with Crippen LogP contribution in [-0.2, 0) is 26.2 Å². The lowest BCUT2D eigenvalue weighted by molar-refractivity contribution is 0.0943. The molecule has 0 saturated carbocycles. The van der Waals surface area contributed by atoms with Crippen molar-refractivity contribution in [2.45, 2.75) is 58.3 Å². The fourth-order valence-corrected chi connectivity index (χ4v) is 8.61. The summed E-state index contributed by atoms with van der Waals surface area (Å²) in [6, 6.07) is 57.1. The molecule has 0 radical (unpaired) electrons. The minimum Gasteiger partial charge on any atom is -0.494 e. The van der Waals surface area contributed by atoms with Crippen LogP contribution in [-0.4, -0.2) is 73.4 Å². The maximum atomic E-state index is 12.4. The Labute approximate surface area is 517 Å².